The molecule has 0 spiro atoms. The Morgan fingerprint density at radius 3 is 2.95 bits per heavy atom. The summed E-state index contributed by atoms with van der Waals surface area (Å²) in [5.74, 6) is 1.93. The number of nitrogens with zero attached hydrogens (tertiary/aromatic N) is 4. The first-order chi connectivity index (χ1) is 10.3. The van der Waals surface area contributed by atoms with E-state index in [1.165, 1.54) is 18.9 Å². The van der Waals surface area contributed by atoms with Crippen molar-refractivity contribution in [3.8, 4) is 5.82 Å². The van der Waals surface area contributed by atoms with Crippen LogP contribution in [0.1, 0.15) is 30.2 Å². The third-order valence-electron chi connectivity index (χ3n) is 3.64. The Bertz CT molecular complexity index is 812. The lowest BCUT2D eigenvalue weighted by Gasteiger charge is -2.08. The van der Waals surface area contributed by atoms with Gasteiger partial charge in [-0.25, -0.2) is 14.3 Å². The number of hydrogen-bond acceptors (Lipinski definition) is 4. The number of hydrogen-bond donors (Lipinski definition) is 0. The molecule has 21 heavy (non-hydrogen) atoms. The molecular formula is C15H14N4O2. The number of aromatic nitrogens is 4. The standard InChI is InChI=1S/C15H14N4O2/c20-15-6-8-18(14-3-1-2-7-16-14)19(15)10-12-9-13(17-21-12)11-4-5-11/h1-3,6-9,11H,4-5,10H2. The first kappa shape index (κ1) is 12.1. The second-order valence-electron chi connectivity index (χ2n) is 5.24. The molecule has 106 valence electrons. The molecule has 1 fully saturated rings. The summed E-state index contributed by atoms with van der Waals surface area (Å²) in [7, 11) is 0. The Balaban J connectivity index is 1.68. The van der Waals surface area contributed by atoms with Crippen molar-refractivity contribution in [1.82, 2.24) is 19.5 Å². The van der Waals surface area contributed by atoms with E-state index in [4.69, 9.17) is 4.52 Å². The van der Waals surface area contributed by atoms with Crippen molar-refractivity contribution in [2.75, 3.05) is 0 Å². The predicted octanol–water partition coefficient (Wildman–Crippen LogP) is 1.95. The summed E-state index contributed by atoms with van der Waals surface area (Å²) in [5.41, 5.74) is 0.902. The van der Waals surface area contributed by atoms with E-state index < -0.39 is 0 Å². The fraction of sp³-hybridized carbons (Fsp3) is 0.267. The second kappa shape index (κ2) is 4.73. The fourth-order valence-corrected chi connectivity index (χ4v) is 2.37. The third-order valence-corrected chi connectivity index (χ3v) is 3.64. The van der Waals surface area contributed by atoms with Crippen LogP contribution in [0.4, 0.5) is 0 Å². The molecule has 0 atom stereocenters. The molecule has 0 N–H and O–H groups in total. The highest BCUT2D eigenvalue weighted by Gasteiger charge is 2.27. The van der Waals surface area contributed by atoms with E-state index in [0.717, 1.165) is 5.69 Å². The van der Waals surface area contributed by atoms with Crippen molar-refractivity contribution >= 4 is 0 Å². The van der Waals surface area contributed by atoms with E-state index in [1.807, 2.05) is 24.3 Å². The molecule has 0 unspecified atom stereocenters. The zero-order valence-corrected chi connectivity index (χ0v) is 11.3. The van der Waals surface area contributed by atoms with E-state index in [-0.39, 0.29) is 5.56 Å². The SMILES string of the molecule is O=c1ccn(-c2ccccn2)n1Cc1cc(C2CC2)no1. The molecule has 0 saturated heterocycles. The average Bonchev–Trinajstić information content (AvgIpc) is 3.16. The molecule has 0 aromatic carbocycles. The topological polar surface area (TPSA) is 65.8 Å². The van der Waals surface area contributed by atoms with Gasteiger partial charge in [-0.05, 0) is 25.0 Å². The molecule has 6 nitrogen and oxygen atoms in total. The maximum atomic E-state index is 12.0. The molecule has 1 aliphatic carbocycles. The molecule has 1 aliphatic rings. The van der Waals surface area contributed by atoms with Crippen LogP contribution in [0.2, 0.25) is 0 Å². The first-order valence-corrected chi connectivity index (χ1v) is 6.96. The van der Waals surface area contributed by atoms with Gasteiger partial charge in [-0.2, -0.15) is 0 Å². The first-order valence-electron chi connectivity index (χ1n) is 6.96. The molecule has 6 heteroatoms. The van der Waals surface area contributed by atoms with E-state index in [0.29, 0.717) is 24.0 Å². The molecule has 3 aromatic heterocycles. The molecule has 0 bridgehead atoms. The van der Waals surface area contributed by atoms with Gasteiger partial charge in [0.25, 0.3) is 5.56 Å². The monoisotopic (exact) mass is 282 g/mol. The van der Waals surface area contributed by atoms with Gasteiger partial charge in [0.1, 0.15) is 6.54 Å². The molecule has 1 saturated carbocycles. The highest BCUT2D eigenvalue weighted by atomic mass is 16.5. The van der Waals surface area contributed by atoms with Gasteiger partial charge in [0.2, 0.25) is 0 Å². The Labute approximate surface area is 120 Å². The molecule has 0 amide bonds. The molecular weight excluding hydrogens is 268 g/mol. The van der Waals surface area contributed by atoms with E-state index in [9.17, 15) is 4.79 Å². The molecule has 0 radical (unpaired) electrons. The Kier molecular flexibility index (Phi) is 2.73. The summed E-state index contributed by atoms with van der Waals surface area (Å²) in [6, 6.07) is 9.04. The van der Waals surface area contributed by atoms with Gasteiger partial charge in [0.05, 0.1) is 5.69 Å². The summed E-state index contributed by atoms with van der Waals surface area (Å²) in [4.78, 5) is 16.3. The molecule has 3 aromatic rings. The van der Waals surface area contributed by atoms with Crippen molar-refractivity contribution in [2.45, 2.75) is 25.3 Å². The van der Waals surface area contributed by atoms with Crippen LogP contribution in [0.15, 0.2) is 52.0 Å². The second-order valence-corrected chi connectivity index (χ2v) is 5.24. The highest BCUT2D eigenvalue weighted by molar-refractivity contribution is 5.21. The van der Waals surface area contributed by atoms with Crippen molar-refractivity contribution in [2.24, 2.45) is 0 Å². The van der Waals surface area contributed by atoms with E-state index in [2.05, 4.69) is 10.1 Å². The normalized spacial score (nSPS) is 14.5. The van der Waals surface area contributed by atoms with Gasteiger partial charge in [-0.1, -0.05) is 11.2 Å². The van der Waals surface area contributed by atoms with Gasteiger partial charge in [0.15, 0.2) is 11.6 Å². The summed E-state index contributed by atoms with van der Waals surface area (Å²) in [6.07, 6.45) is 5.76. The average molecular weight is 282 g/mol. The summed E-state index contributed by atoms with van der Waals surface area (Å²) < 4.78 is 8.65. The number of pyridine rings is 1. The van der Waals surface area contributed by atoms with Crippen LogP contribution in [0.25, 0.3) is 5.82 Å². The largest absolute Gasteiger partial charge is 0.359 e. The van der Waals surface area contributed by atoms with Crippen molar-refractivity contribution in [3.63, 3.8) is 0 Å². The Morgan fingerprint density at radius 1 is 1.29 bits per heavy atom. The zero-order valence-electron chi connectivity index (χ0n) is 11.3. The summed E-state index contributed by atoms with van der Waals surface area (Å²) in [5, 5.41) is 4.08. The van der Waals surface area contributed by atoms with Gasteiger partial charge in [-0.15, -0.1) is 0 Å². The molecule has 4 rings (SSSR count). The highest BCUT2D eigenvalue weighted by Crippen LogP contribution is 2.39. The Hall–Kier alpha value is -2.63. The third kappa shape index (κ3) is 2.29. The van der Waals surface area contributed by atoms with Gasteiger partial charge in [-0.3, -0.25) is 4.79 Å². The fourth-order valence-electron chi connectivity index (χ4n) is 2.37. The number of rotatable bonds is 4. The summed E-state index contributed by atoms with van der Waals surface area (Å²) in [6.45, 7) is 0.349. The molecule has 3 heterocycles. The molecule has 0 aliphatic heterocycles. The van der Waals surface area contributed by atoms with E-state index in [1.54, 1.807) is 21.8 Å². The lowest BCUT2D eigenvalue weighted by Crippen LogP contribution is -2.22. The van der Waals surface area contributed by atoms with Gasteiger partial charge >= 0.3 is 0 Å². The smallest absolute Gasteiger partial charge is 0.267 e. The zero-order chi connectivity index (χ0) is 14.2. The van der Waals surface area contributed by atoms with Crippen LogP contribution in [0.5, 0.6) is 0 Å². The van der Waals surface area contributed by atoms with Crippen molar-refractivity contribution in [3.05, 3.63) is 64.5 Å². The van der Waals surface area contributed by atoms with Crippen LogP contribution < -0.4 is 5.56 Å². The Morgan fingerprint density at radius 2 is 2.19 bits per heavy atom. The van der Waals surface area contributed by atoms with Gasteiger partial charge in [0, 0.05) is 30.4 Å². The van der Waals surface area contributed by atoms with Crippen LogP contribution >= 0.6 is 0 Å². The lowest BCUT2D eigenvalue weighted by atomic mass is 10.3. The lowest BCUT2D eigenvalue weighted by molar-refractivity contribution is 0.360. The minimum absolute atomic E-state index is 0.0926. The van der Waals surface area contributed by atoms with Crippen molar-refractivity contribution in [1.29, 1.82) is 0 Å². The van der Waals surface area contributed by atoms with Gasteiger partial charge < -0.3 is 4.52 Å². The predicted molar refractivity (Wildman–Crippen MR) is 75.4 cm³/mol. The van der Waals surface area contributed by atoms with Crippen LogP contribution in [-0.2, 0) is 6.54 Å². The van der Waals surface area contributed by atoms with Crippen molar-refractivity contribution < 1.29 is 4.52 Å². The van der Waals surface area contributed by atoms with Crippen LogP contribution in [0, 0.1) is 0 Å². The minimum atomic E-state index is -0.0926. The minimum Gasteiger partial charge on any atom is -0.359 e. The van der Waals surface area contributed by atoms with Crippen LogP contribution in [-0.4, -0.2) is 19.5 Å². The summed E-state index contributed by atoms with van der Waals surface area (Å²) >= 11 is 0. The maximum absolute atomic E-state index is 12.0. The maximum Gasteiger partial charge on any atom is 0.267 e. The van der Waals surface area contributed by atoms with Crippen LogP contribution in [0.3, 0.4) is 0 Å². The van der Waals surface area contributed by atoms with E-state index >= 15 is 0 Å². The quantitative estimate of drug-likeness (QED) is 0.733.